The highest BCUT2D eigenvalue weighted by Crippen LogP contribution is 2.42. The van der Waals surface area contributed by atoms with E-state index in [4.69, 9.17) is 0 Å². The highest BCUT2D eigenvalue weighted by Gasteiger charge is 2.49. The minimum atomic E-state index is -0.396. The number of amides is 1. The molecular formula is C30H31FN2O2. The first kappa shape index (κ1) is 23.5. The van der Waals surface area contributed by atoms with Gasteiger partial charge in [0.15, 0.2) is 0 Å². The molecule has 0 saturated carbocycles. The lowest BCUT2D eigenvalue weighted by Gasteiger charge is -2.57. The minimum Gasteiger partial charge on any atom is -0.395 e. The van der Waals surface area contributed by atoms with Crippen molar-refractivity contribution in [1.29, 1.82) is 0 Å². The van der Waals surface area contributed by atoms with Gasteiger partial charge in [0.05, 0.1) is 6.61 Å². The second kappa shape index (κ2) is 10.5. The van der Waals surface area contributed by atoms with Crippen LogP contribution in [-0.4, -0.2) is 59.1 Å². The number of fused-ring (bicyclic) bond motifs is 1. The summed E-state index contributed by atoms with van der Waals surface area (Å²) in [5.41, 5.74) is 3.85. The van der Waals surface area contributed by atoms with E-state index in [0.29, 0.717) is 18.7 Å². The lowest BCUT2D eigenvalue weighted by atomic mass is 9.74. The molecule has 2 fully saturated rings. The van der Waals surface area contributed by atoms with Crippen molar-refractivity contribution in [3.63, 3.8) is 0 Å². The first-order valence-corrected chi connectivity index (χ1v) is 12.4. The summed E-state index contributed by atoms with van der Waals surface area (Å²) in [5, 5.41) is 10.2. The third-order valence-electron chi connectivity index (χ3n) is 7.32. The number of benzene rings is 3. The number of carbonyl (C=O) groups excluding carboxylic acids is 1. The molecule has 0 radical (unpaired) electrons. The molecule has 0 bridgehead atoms. The van der Waals surface area contributed by atoms with E-state index in [-0.39, 0.29) is 30.5 Å². The fourth-order valence-corrected chi connectivity index (χ4v) is 5.51. The second-order valence-electron chi connectivity index (χ2n) is 9.46. The summed E-state index contributed by atoms with van der Waals surface area (Å²) in [6.07, 6.45) is 6.07. The van der Waals surface area contributed by atoms with Gasteiger partial charge in [-0.1, -0.05) is 72.8 Å². The summed E-state index contributed by atoms with van der Waals surface area (Å²) in [7, 11) is 0. The molecule has 2 aliphatic rings. The number of halogens is 1. The van der Waals surface area contributed by atoms with Crippen LogP contribution in [0.25, 0.3) is 12.2 Å². The summed E-state index contributed by atoms with van der Waals surface area (Å²) < 4.78 is 13.7. The molecule has 4 nitrogen and oxygen atoms in total. The second-order valence-corrected chi connectivity index (χ2v) is 9.46. The normalized spacial score (nSPS) is 22.8. The largest absolute Gasteiger partial charge is 0.395 e. The molecule has 2 heterocycles. The predicted molar refractivity (Wildman–Crippen MR) is 137 cm³/mol. The number of hydrogen-bond donors (Lipinski definition) is 1. The van der Waals surface area contributed by atoms with Crippen LogP contribution in [0, 0.1) is 5.82 Å². The molecule has 5 heteroatoms. The number of nitrogens with zero attached hydrogens (tertiary/aromatic N) is 2. The van der Waals surface area contributed by atoms with Crippen molar-refractivity contribution in [2.24, 2.45) is 0 Å². The van der Waals surface area contributed by atoms with Crippen LogP contribution in [0.2, 0.25) is 0 Å². The van der Waals surface area contributed by atoms with E-state index in [1.807, 2.05) is 23.1 Å². The monoisotopic (exact) mass is 470 g/mol. The molecular weight excluding hydrogens is 439 g/mol. The molecule has 0 aromatic heterocycles. The van der Waals surface area contributed by atoms with E-state index in [2.05, 4.69) is 53.5 Å². The summed E-state index contributed by atoms with van der Waals surface area (Å²) >= 11 is 0. The van der Waals surface area contributed by atoms with Crippen LogP contribution in [0.3, 0.4) is 0 Å². The quantitative estimate of drug-likeness (QED) is 0.530. The van der Waals surface area contributed by atoms with E-state index in [1.165, 1.54) is 17.7 Å². The van der Waals surface area contributed by atoms with Crippen LogP contribution in [0.4, 0.5) is 4.39 Å². The number of hydrogen-bond acceptors (Lipinski definition) is 3. The molecule has 1 amide bonds. The van der Waals surface area contributed by atoms with Crippen LogP contribution in [0.1, 0.15) is 45.8 Å². The average molecular weight is 471 g/mol. The number of aliphatic hydroxyl groups excluding tert-OH is 1. The van der Waals surface area contributed by atoms with Crippen molar-refractivity contribution in [1.82, 2.24) is 9.80 Å². The maximum Gasteiger partial charge on any atom is 0.254 e. The maximum absolute atomic E-state index is 13.7. The van der Waals surface area contributed by atoms with Crippen LogP contribution in [0.15, 0.2) is 78.9 Å². The summed E-state index contributed by atoms with van der Waals surface area (Å²) in [6.45, 7) is 2.26. The molecule has 2 aliphatic heterocycles. The molecule has 3 aromatic rings. The van der Waals surface area contributed by atoms with Gasteiger partial charge in [-0.15, -0.1) is 0 Å². The number of aliphatic hydroxyl groups is 1. The zero-order chi connectivity index (χ0) is 24.2. The Hall–Kier alpha value is -3.28. The smallest absolute Gasteiger partial charge is 0.254 e. The van der Waals surface area contributed by atoms with Crippen molar-refractivity contribution in [2.75, 3.05) is 26.2 Å². The average Bonchev–Trinajstić information content (AvgIpc) is 2.87. The Balaban J connectivity index is 1.34. The third kappa shape index (κ3) is 5.07. The summed E-state index contributed by atoms with van der Waals surface area (Å²) in [4.78, 5) is 17.4. The van der Waals surface area contributed by atoms with E-state index >= 15 is 0 Å². The maximum atomic E-state index is 13.7. The first-order valence-electron chi connectivity index (χ1n) is 12.4. The Morgan fingerprint density at radius 2 is 1.63 bits per heavy atom. The SMILES string of the molecule is O=C(c1cccc(F)c1)N1CCCCN2[C@H](CO)[C@@H](c3ccc(/C=C/c4ccccc4)cc3)[C@H]2C1. The number of rotatable bonds is 5. The van der Waals surface area contributed by atoms with Gasteiger partial charge in [0.2, 0.25) is 0 Å². The van der Waals surface area contributed by atoms with E-state index in [0.717, 1.165) is 30.5 Å². The zero-order valence-corrected chi connectivity index (χ0v) is 19.8. The highest BCUT2D eigenvalue weighted by atomic mass is 19.1. The molecule has 0 aliphatic carbocycles. The molecule has 3 atom stereocenters. The predicted octanol–water partition coefficient (Wildman–Crippen LogP) is 5.06. The Morgan fingerprint density at radius 1 is 0.914 bits per heavy atom. The lowest BCUT2D eigenvalue weighted by molar-refractivity contribution is -0.0606. The van der Waals surface area contributed by atoms with Gasteiger partial charge in [-0.05, 0) is 54.3 Å². The van der Waals surface area contributed by atoms with Crippen LogP contribution >= 0.6 is 0 Å². The van der Waals surface area contributed by atoms with E-state index in [1.54, 1.807) is 12.1 Å². The lowest BCUT2D eigenvalue weighted by Crippen LogP contribution is -2.67. The van der Waals surface area contributed by atoms with Gasteiger partial charge < -0.3 is 10.0 Å². The van der Waals surface area contributed by atoms with Gasteiger partial charge in [-0.25, -0.2) is 4.39 Å². The van der Waals surface area contributed by atoms with Gasteiger partial charge in [0, 0.05) is 36.7 Å². The molecule has 3 aromatic carbocycles. The Morgan fingerprint density at radius 3 is 2.34 bits per heavy atom. The van der Waals surface area contributed by atoms with E-state index < -0.39 is 5.82 Å². The van der Waals surface area contributed by atoms with E-state index in [9.17, 15) is 14.3 Å². The fraction of sp³-hybridized carbons (Fsp3) is 0.300. The molecule has 0 spiro atoms. The van der Waals surface area contributed by atoms with Crippen LogP contribution < -0.4 is 0 Å². The minimum absolute atomic E-state index is 0.0509. The summed E-state index contributed by atoms with van der Waals surface area (Å²) in [5.74, 6) is -0.375. The standard InChI is InChI=1S/C30H31FN2O2/c31-26-10-6-9-25(19-26)30(35)32-17-4-5-18-33-27(20-32)29(28(33)21-34)24-15-13-23(14-16-24)12-11-22-7-2-1-3-8-22/h1-3,6-16,19,27-29,34H,4-5,17-18,20-21H2/b12-11+/t27-,28-,29+/m1/s1. The Labute approximate surface area is 206 Å². The van der Waals surface area contributed by atoms with Crippen LogP contribution in [-0.2, 0) is 0 Å². The topological polar surface area (TPSA) is 43.8 Å². The van der Waals surface area contributed by atoms with Crippen LogP contribution in [0.5, 0.6) is 0 Å². The first-order chi connectivity index (χ1) is 17.1. The van der Waals surface area contributed by atoms with Gasteiger partial charge in [-0.3, -0.25) is 9.69 Å². The molecule has 2 saturated heterocycles. The molecule has 5 rings (SSSR count). The molecule has 180 valence electrons. The van der Waals surface area contributed by atoms with Crippen molar-refractivity contribution in [2.45, 2.75) is 30.8 Å². The molecule has 1 N–H and O–H groups in total. The Kier molecular flexibility index (Phi) is 7.07. The van der Waals surface area contributed by atoms with Gasteiger partial charge in [0.25, 0.3) is 5.91 Å². The zero-order valence-electron chi connectivity index (χ0n) is 19.8. The third-order valence-corrected chi connectivity index (χ3v) is 7.32. The van der Waals surface area contributed by atoms with Gasteiger partial charge >= 0.3 is 0 Å². The van der Waals surface area contributed by atoms with Crippen molar-refractivity contribution < 1.29 is 14.3 Å². The molecule has 35 heavy (non-hydrogen) atoms. The van der Waals surface area contributed by atoms with Gasteiger partial charge in [0.1, 0.15) is 5.82 Å². The molecule has 0 unspecified atom stereocenters. The Bertz CT molecular complexity index is 1180. The number of carbonyl (C=O) groups is 1. The fourth-order valence-electron chi connectivity index (χ4n) is 5.51. The van der Waals surface area contributed by atoms with Gasteiger partial charge in [-0.2, -0.15) is 0 Å². The summed E-state index contributed by atoms with van der Waals surface area (Å²) in [6, 6.07) is 24.9. The van der Waals surface area contributed by atoms with Crippen molar-refractivity contribution >= 4 is 18.1 Å². The van der Waals surface area contributed by atoms with Crippen molar-refractivity contribution in [3.05, 3.63) is 107 Å². The highest BCUT2D eigenvalue weighted by molar-refractivity contribution is 5.94. The van der Waals surface area contributed by atoms with Crippen molar-refractivity contribution in [3.8, 4) is 0 Å².